The number of benzene rings is 1. The highest BCUT2D eigenvalue weighted by atomic mass is 16.1. The van der Waals surface area contributed by atoms with Crippen LogP contribution in [0.4, 0.5) is 0 Å². The maximum Gasteiger partial charge on any atom is 0.165 e. The Morgan fingerprint density at radius 2 is 1.91 bits per heavy atom. The van der Waals surface area contributed by atoms with Gasteiger partial charge in [-0.25, -0.2) is 0 Å². The maximum absolute atomic E-state index is 12.5. The number of Topliss-reactive ketones (excluding diaryl/α,β-unsaturated/α-hetero) is 1. The van der Waals surface area contributed by atoms with E-state index in [4.69, 9.17) is 5.73 Å². The Morgan fingerprint density at radius 1 is 1.26 bits per heavy atom. The Hall–Kier alpha value is -2.00. The van der Waals surface area contributed by atoms with Crippen LogP contribution < -0.4 is 5.73 Å². The molecule has 0 spiro atoms. The van der Waals surface area contributed by atoms with Crippen LogP contribution in [0.25, 0.3) is 0 Å². The third-order valence-corrected chi connectivity index (χ3v) is 4.10. The van der Waals surface area contributed by atoms with Crippen molar-refractivity contribution in [2.24, 2.45) is 10.7 Å². The first-order valence-electron chi connectivity index (χ1n) is 8.10. The van der Waals surface area contributed by atoms with E-state index in [1.54, 1.807) is 0 Å². The van der Waals surface area contributed by atoms with Crippen LogP contribution in [0.15, 0.2) is 53.6 Å². The molecular weight excluding hydrogens is 284 g/mol. The molecular formula is C20H28N2O. The highest BCUT2D eigenvalue weighted by molar-refractivity contribution is 6.25. The monoisotopic (exact) mass is 312 g/mol. The number of ketones is 1. The summed E-state index contributed by atoms with van der Waals surface area (Å²) in [5, 5.41) is 0. The van der Waals surface area contributed by atoms with E-state index >= 15 is 0 Å². The maximum atomic E-state index is 12.5. The van der Waals surface area contributed by atoms with Gasteiger partial charge in [-0.1, -0.05) is 36.8 Å². The van der Waals surface area contributed by atoms with Gasteiger partial charge in [0, 0.05) is 17.7 Å². The molecule has 1 atom stereocenters. The number of hydrogen-bond donors (Lipinski definition) is 1. The van der Waals surface area contributed by atoms with E-state index in [1.807, 2.05) is 13.8 Å². The first-order chi connectivity index (χ1) is 11.1. The van der Waals surface area contributed by atoms with Gasteiger partial charge in [-0.2, -0.15) is 0 Å². The first kappa shape index (κ1) is 19.0. The molecule has 124 valence electrons. The lowest BCUT2D eigenvalue weighted by molar-refractivity contribution is -0.115. The number of aliphatic imine (C=N–C) groups is 1. The van der Waals surface area contributed by atoms with Gasteiger partial charge < -0.3 is 5.73 Å². The van der Waals surface area contributed by atoms with Crippen LogP contribution in [-0.4, -0.2) is 18.2 Å². The lowest BCUT2D eigenvalue weighted by atomic mass is 9.77. The van der Waals surface area contributed by atoms with Crippen LogP contribution in [0.2, 0.25) is 0 Å². The second-order valence-corrected chi connectivity index (χ2v) is 5.74. The minimum absolute atomic E-state index is 0.198. The van der Waals surface area contributed by atoms with Crippen LogP contribution in [0.3, 0.4) is 0 Å². The SMILES string of the molecule is C=C.CCc1ccccc1C1CC(=O)C(=C(C)C)/C(=N\CN)C1. The van der Waals surface area contributed by atoms with E-state index in [9.17, 15) is 4.79 Å². The van der Waals surface area contributed by atoms with Crippen molar-refractivity contribution in [3.8, 4) is 0 Å². The zero-order valence-electron chi connectivity index (χ0n) is 14.6. The Kier molecular flexibility index (Phi) is 7.63. The molecule has 1 aliphatic rings. The number of aryl methyl sites for hydroxylation is 1. The third-order valence-electron chi connectivity index (χ3n) is 4.10. The largest absolute Gasteiger partial charge is 0.312 e. The molecule has 0 amide bonds. The van der Waals surface area contributed by atoms with Crippen molar-refractivity contribution in [1.82, 2.24) is 0 Å². The molecule has 1 saturated carbocycles. The highest BCUT2D eigenvalue weighted by Gasteiger charge is 2.31. The molecule has 23 heavy (non-hydrogen) atoms. The van der Waals surface area contributed by atoms with Gasteiger partial charge in [-0.15, -0.1) is 13.2 Å². The van der Waals surface area contributed by atoms with Gasteiger partial charge in [0.15, 0.2) is 5.78 Å². The molecule has 0 saturated heterocycles. The lowest BCUT2D eigenvalue weighted by Gasteiger charge is -2.27. The molecule has 3 nitrogen and oxygen atoms in total. The van der Waals surface area contributed by atoms with Crippen LogP contribution in [0.5, 0.6) is 0 Å². The summed E-state index contributed by atoms with van der Waals surface area (Å²) in [5.41, 5.74) is 10.9. The van der Waals surface area contributed by atoms with Gasteiger partial charge in [-0.3, -0.25) is 9.79 Å². The van der Waals surface area contributed by atoms with E-state index < -0.39 is 0 Å². The normalized spacial score (nSPS) is 19.3. The second kappa shape index (κ2) is 9.21. The molecule has 1 unspecified atom stereocenters. The highest BCUT2D eigenvalue weighted by Crippen LogP contribution is 2.35. The van der Waals surface area contributed by atoms with Crippen molar-refractivity contribution in [3.05, 3.63) is 59.7 Å². The predicted octanol–water partition coefficient (Wildman–Crippen LogP) is 4.19. The smallest absolute Gasteiger partial charge is 0.165 e. The van der Waals surface area contributed by atoms with E-state index in [1.165, 1.54) is 11.1 Å². The second-order valence-electron chi connectivity index (χ2n) is 5.74. The molecule has 0 heterocycles. The van der Waals surface area contributed by atoms with E-state index in [0.29, 0.717) is 6.42 Å². The van der Waals surface area contributed by atoms with Gasteiger partial charge in [-0.05, 0) is 43.7 Å². The summed E-state index contributed by atoms with van der Waals surface area (Å²) in [6.07, 6.45) is 2.36. The summed E-state index contributed by atoms with van der Waals surface area (Å²) < 4.78 is 0. The molecule has 1 fully saturated rings. The van der Waals surface area contributed by atoms with Crippen molar-refractivity contribution in [2.45, 2.75) is 46.0 Å². The molecule has 1 aliphatic carbocycles. The Morgan fingerprint density at radius 3 is 2.48 bits per heavy atom. The molecule has 2 N–H and O–H groups in total. The summed E-state index contributed by atoms with van der Waals surface area (Å²) in [6.45, 7) is 12.3. The fraction of sp³-hybridized carbons (Fsp3) is 0.400. The van der Waals surface area contributed by atoms with Crippen molar-refractivity contribution in [2.75, 3.05) is 6.67 Å². The van der Waals surface area contributed by atoms with E-state index in [-0.39, 0.29) is 18.4 Å². The van der Waals surface area contributed by atoms with Crippen molar-refractivity contribution in [1.29, 1.82) is 0 Å². The number of allylic oxidation sites excluding steroid dienone is 2. The molecule has 2 rings (SSSR count). The Labute approximate surface area is 140 Å². The van der Waals surface area contributed by atoms with Gasteiger partial charge in [0.25, 0.3) is 0 Å². The molecule has 0 aliphatic heterocycles. The summed E-state index contributed by atoms with van der Waals surface area (Å²) in [7, 11) is 0. The fourth-order valence-corrected chi connectivity index (χ4v) is 3.19. The fourth-order valence-electron chi connectivity index (χ4n) is 3.19. The average molecular weight is 312 g/mol. The van der Waals surface area contributed by atoms with E-state index in [0.717, 1.165) is 29.7 Å². The Balaban J connectivity index is 0.00000127. The summed E-state index contributed by atoms with van der Waals surface area (Å²) in [6, 6.07) is 8.40. The predicted molar refractivity (Wildman–Crippen MR) is 98.9 cm³/mol. The molecule has 0 radical (unpaired) electrons. The quantitative estimate of drug-likeness (QED) is 0.672. The standard InChI is InChI=1S/C18H24N2O.C2H4/c1-4-13-7-5-6-8-15(13)14-9-16(20-11-19)18(12(2)3)17(21)10-14;1-2/h5-8,14H,4,9-11,19H2,1-3H3;1-2H2/b20-16-;. The average Bonchev–Trinajstić information content (AvgIpc) is 2.56. The third kappa shape index (κ3) is 4.49. The summed E-state index contributed by atoms with van der Waals surface area (Å²) in [5.74, 6) is 0.423. The zero-order valence-corrected chi connectivity index (χ0v) is 14.6. The van der Waals surface area contributed by atoms with Crippen LogP contribution >= 0.6 is 0 Å². The minimum atomic E-state index is 0.198. The van der Waals surface area contributed by atoms with E-state index in [2.05, 4.69) is 49.3 Å². The van der Waals surface area contributed by atoms with Crippen molar-refractivity contribution < 1.29 is 4.79 Å². The summed E-state index contributed by atoms with van der Waals surface area (Å²) >= 11 is 0. The summed E-state index contributed by atoms with van der Waals surface area (Å²) in [4.78, 5) is 16.9. The number of carbonyl (C=O) groups is 1. The van der Waals surface area contributed by atoms with Gasteiger partial charge in [0.05, 0.1) is 6.67 Å². The molecule has 3 heteroatoms. The van der Waals surface area contributed by atoms with Gasteiger partial charge in [0.2, 0.25) is 0 Å². The first-order valence-corrected chi connectivity index (χ1v) is 8.10. The minimum Gasteiger partial charge on any atom is -0.312 e. The van der Waals surface area contributed by atoms with Crippen LogP contribution in [0, 0.1) is 0 Å². The van der Waals surface area contributed by atoms with Crippen molar-refractivity contribution >= 4 is 11.5 Å². The van der Waals surface area contributed by atoms with Crippen LogP contribution in [-0.2, 0) is 11.2 Å². The molecule has 0 bridgehead atoms. The number of hydrogen-bond acceptors (Lipinski definition) is 3. The Bertz CT molecular complexity index is 610. The number of rotatable bonds is 3. The van der Waals surface area contributed by atoms with Crippen LogP contribution in [0.1, 0.15) is 50.7 Å². The zero-order chi connectivity index (χ0) is 17.4. The number of nitrogens with zero attached hydrogens (tertiary/aromatic N) is 1. The number of nitrogens with two attached hydrogens (primary N) is 1. The van der Waals surface area contributed by atoms with Gasteiger partial charge >= 0.3 is 0 Å². The molecule has 1 aromatic rings. The van der Waals surface area contributed by atoms with Gasteiger partial charge in [0.1, 0.15) is 0 Å². The lowest BCUT2D eigenvalue weighted by Crippen LogP contribution is -2.27. The molecule has 1 aromatic carbocycles. The van der Waals surface area contributed by atoms with Crippen molar-refractivity contribution in [3.63, 3.8) is 0 Å². The molecule has 0 aromatic heterocycles. The topological polar surface area (TPSA) is 55.5 Å². The number of carbonyl (C=O) groups excluding carboxylic acids is 1.